The molecule has 0 radical (unpaired) electrons. The third-order valence-corrected chi connectivity index (χ3v) is 3.57. The van der Waals surface area contributed by atoms with E-state index in [0.717, 1.165) is 0 Å². The van der Waals surface area contributed by atoms with Crippen LogP contribution in [0.1, 0.15) is 5.69 Å². The van der Waals surface area contributed by atoms with Crippen molar-refractivity contribution in [2.24, 2.45) is 0 Å². The van der Waals surface area contributed by atoms with E-state index in [1.54, 1.807) is 37.3 Å². The lowest BCUT2D eigenvalue weighted by molar-refractivity contribution is 0.630. The van der Waals surface area contributed by atoms with Gasteiger partial charge in [-0.3, -0.25) is 4.79 Å². The highest BCUT2D eigenvalue weighted by Crippen LogP contribution is 2.28. The minimum atomic E-state index is -0.490. The molecule has 1 heterocycles. The molecule has 0 amide bonds. The fourth-order valence-corrected chi connectivity index (χ4v) is 2.46. The Balaban J connectivity index is 2.27. The molecule has 3 rings (SSSR count). The second kappa shape index (κ2) is 5.56. The van der Waals surface area contributed by atoms with E-state index in [1.165, 1.54) is 24.3 Å². The first kappa shape index (κ1) is 14.2. The first-order valence-electron chi connectivity index (χ1n) is 6.81. The van der Waals surface area contributed by atoms with Crippen LogP contribution in [-0.2, 0) is 0 Å². The fraction of sp³-hybridized carbons (Fsp3) is 0.0556. The minimum absolute atomic E-state index is 0.182. The van der Waals surface area contributed by atoms with Crippen molar-refractivity contribution in [3.05, 3.63) is 82.3 Å². The lowest BCUT2D eigenvalue weighted by Crippen LogP contribution is -2.12. The van der Waals surface area contributed by atoms with Gasteiger partial charge in [-0.15, -0.1) is 0 Å². The molecule has 2 nitrogen and oxygen atoms in total. The van der Waals surface area contributed by atoms with Crippen molar-refractivity contribution in [1.82, 2.24) is 4.98 Å². The lowest BCUT2D eigenvalue weighted by atomic mass is 9.98. The molecule has 0 fully saturated rings. The van der Waals surface area contributed by atoms with E-state index in [-0.39, 0.29) is 11.1 Å². The summed E-state index contributed by atoms with van der Waals surface area (Å²) in [6.45, 7) is 1.69. The van der Waals surface area contributed by atoms with Crippen molar-refractivity contribution in [3.8, 4) is 22.3 Å². The summed E-state index contributed by atoms with van der Waals surface area (Å²) in [6.07, 6.45) is 0. The van der Waals surface area contributed by atoms with Gasteiger partial charge in [-0.1, -0.05) is 36.4 Å². The molecule has 110 valence electrons. The quantitative estimate of drug-likeness (QED) is 0.751. The van der Waals surface area contributed by atoms with E-state index >= 15 is 0 Å². The molecule has 1 aromatic heterocycles. The molecule has 0 saturated carbocycles. The third-order valence-electron chi connectivity index (χ3n) is 3.57. The third kappa shape index (κ3) is 2.44. The Morgan fingerprint density at radius 1 is 0.773 bits per heavy atom. The number of aromatic amines is 1. The van der Waals surface area contributed by atoms with Crippen LogP contribution in [0.3, 0.4) is 0 Å². The highest BCUT2D eigenvalue weighted by Gasteiger charge is 2.14. The molecule has 22 heavy (non-hydrogen) atoms. The zero-order chi connectivity index (χ0) is 15.7. The number of hydrogen-bond acceptors (Lipinski definition) is 1. The lowest BCUT2D eigenvalue weighted by Gasteiger charge is -2.10. The largest absolute Gasteiger partial charge is 0.325 e. The van der Waals surface area contributed by atoms with Crippen LogP contribution in [0.4, 0.5) is 8.78 Å². The van der Waals surface area contributed by atoms with Crippen LogP contribution in [0, 0.1) is 18.6 Å². The average molecular weight is 297 g/mol. The van der Waals surface area contributed by atoms with Crippen LogP contribution in [0.25, 0.3) is 22.3 Å². The Morgan fingerprint density at radius 3 is 1.82 bits per heavy atom. The van der Waals surface area contributed by atoms with E-state index < -0.39 is 17.2 Å². The Bertz CT molecular complexity index is 900. The summed E-state index contributed by atoms with van der Waals surface area (Å²) in [6, 6.07) is 13.8. The number of aryl methyl sites for hydroxylation is 1. The average Bonchev–Trinajstić information content (AvgIpc) is 2.50. The van der Waals surface area contributed by atoms with Crippen molar-refractivity contribution in [1.29, 1.82) is 0 Å². The number of hydrogen-bond donors (Lipinski definition) is 1. The number of benzene rings is 2. The smallest absolute Gasteiger partial charge is 0.256 e. The zero-order valence-electron chi connectivity index (χ0n) is 11.9. The Hall–Kier alpha value is -2.75. The predicted octanol–water partition coefficient (Wildman–Crippen LogP) is 4.30. The van der Waals surface area contributed by atoms with Gasteiger partial charge in [0.15, 0.2) is 0 Å². The molecule has 3 aromatic rings. The van der Waals surface area contributed by atoms with Crippen LogP contribution in [0.5, 0.6) is 0 Å². The summed E-state index contributed by atoms with van der Waals surface area (Å²) in [5.41, 5.74) is 1.42. The molecule has 0 saturated heterocycles. The van der Waals surface area contributed by atoms with Gasteiger partial charge in [-0.2, -0.15) is 0 Å². The minimum Gasteiger partial charge on any atom is -0.325 e. The van der Waals surface area contributed by atoms with Crippen molar-refractivity contribution in [2.45, 2.75) is 6.92 Å². The number of rotatable bonds is 2. The van der Waals surface area contributed by atoms with Crippen molar-refractivity contribution < 1.29 is 8.78 Å². The van der Waals surface area contributed by atoms with Gasteiger partial charge in [-0.25, -0.2) is 8.78 Å². The van der Waals surface area contributed by atoms with E-state index in [9.17, 15) is 13.6 Å². The molecular formula is C18H13F2NO. The van der Waals surface area contributed by atoms with Gasteiger partial charge in [-0.05, 0) is 25.1 Å². The molecule has 4 heteroatoms. The van der Waals surface area contributed by atoms with Gasteiger partial charge in [0.05, 0.1) is 5.56 Å². The van der Waals surface area contributed by atoms with Crippen molar-refractivity contribution >= 4 is 0 Å². The SMILES string of the molecule is Cc1[nH]c(=O)c(-c2ccccc2F)cc1-c1ccccc1F. The van der Waals surface area contributed by atoms with Crippen LogP contribution >= 0.6 is 0 Å². The molecule has 0 aliphatic carbocycles. The van der Waals surface area contributed by atoms with E-state index in [1.807, 2.05) is 0 Å². The van der Waals surface area contributed by atoms with Crippen LogP contribution < -0.4 is 5.56 Å². The first-order chi connectivity index (χ1) is 10.6. The van der Waals surface area contributed by atoms with Gasteiger partial charge in [0.1, 0.15) is 11.6 Å². The van der Waals surface area contributed by atoms with Gasteiger partial charge in [0.2, 0.25) is 0 Å². The van der Waals surface area contributed by atoms with Gasteiger partial charge in [0, 0.05) is 22.4 Å². The molecule has 0 aliphatic rings. The molecule has 0 unspecified atom stereocenters. The molecule has 2 aromatic carbocycles. The fourth-order valence-electron chi connectivity index (χ4n) is 2.46. The number of nitrogens with one attached hydrogen (secondary N) is 1. The molecule has 1 N–H and O–H groups in total. The number of pyridine rings is 1. The maximum Gasteiger partial charge on any atom is 0.256 e. The topological polar surface area (TPSA) is 32.9 Å². The van der Waals surface area contributed by atoms with Crippen LogP contribution in [0.2, 0.25) is 0 Å². The maximum absolute atomic E-state index is 14.0. The second-order valence-corrected chi connectivity index (χ2v) is 5.01. The summed E-state index contributed by atoms with van der Waals surface area (Å²) in [5, 5.41) is 0. The highest BCUT2D eigenvalue weighted by molar-refractivity contribution is 5.74. The molecule has 0 aliphatic heterocycles. The summed E-state index contributed by atoms with van der Waals surface area (Å²) >= 11 is 0. The van der Waals surface area contributed by atoms with Crippen LogP contribution in [0.15, 0.2) is 59.4 Å². The number of aromatic nitrogens is 1. The zero-order valence-corrected chi connectivity index (χ0v) is 11.9. The molecular weight excluding hydrogens is 284 g/mol. The van der Waals surface area contributed by atoms with Gasteiger partial charge < -0.3 is 4.98 Å². The summed E-state index contributed by atoms with van der Waals surface area (Å²) in [7, 11) is 0. The predicted molar refractivity (Wildman–Crippen MR) is 82.6 cm³/mol. The number of halogens is 2. The number of H-pyrrole nitrogens is 1. The summed E-state index contributed by atoms with van der Waals surface area (Å²) in [4.78, 5) is 14.8. The normalized spacial score (nSPS) is 10.7. The van der Waals surface area contributed by atoms with E-state index in [4.69, 9.17) is 0 Å². The molecule has 0 atom stereocenters. The Kier molecular flexibility index (Phi) is 3.59. The second-order valence-electron chi connectivity index (χ2n) is 5.01. The van der Waals surface area contributed by atoms with Gasteiger partial charge >= 0.3 is 0 Å². The standard InChI is InChI=1S/C18H13F2NO/c1-11-14(12-6-2-4-8-16(12)19)10-15(18(22)21-11)13-7-3-5-9-17(13)20/h2-10H,1H3,(H,21,22). The molecule has 0 spiro atoms. The highest BCUT2D eigenvalue weighted by atomic mass is 19.1. The maximum atomic E-state index is 14.0. The first-order valence-corrected chi connectivity index (χ1v) is 6.81. The Labute approximate surface area is 126 Å². The Morgan fingerprint density at radius 2 is 1.27 bits per heavy atom. The van der Waals surface area contributed by atoms with Crippen molar-refractivity contribution in [2.75, 3.05) is 0 Å². The monoisotopic (exact) mass is 297 g/mol. The van der Waals surface area contributed by atoms with E-state index in [2.05, 4.69) is 4.98 Å². The summed E-state index contributed by atoms with van der Waals surface area (Å²) < 4.78 is 27.9. The summed E-state index contributed by atoms with van der Waals surface area (Å²) in [5.74, 6) is -0.881. The molecule has 0 bridgehead atoms. The van der Waals surface area contributed by atoms with Gasteiger partial charge in [0.25, 0.3) is 5.56 Å². The van der Waals surface area contributed by atoms with Crippen molar-refractivity contribution in [3.63, 3.8) is 0 Å². The van der Waals surface area contributed by atoms with Crippen LogP contribution in [-0.4, -0.2) is 4.98 Å². The van der Waals surface area contributed by atoms with E-state index in [0.29, 0.717) is 16.8 Å².